The standard InChI is InChI=1S/C22H46O4Si/c1-8-9-10-11-12-13-14-15-21(26-27(6,7)22(2,3)4)18-20(16-17-23)25-19-24-5/h17,20-21H,8-16,18-19H2,1-7H3/t20-,21-/m0/s1. The van der Waals surface area contributed by atoms with Crippen LogP contribution in [0.2, 0.25) is 18.1 Å². The Morgan fingerprint density at radius 2 is 1.56 bits per heavy atom. The van der Waals surface area contributed by atoms with Crippen LogP contribution in [0.1, 0.15) is 91.9 Å². The van der Waals surface area contributed by atoms with Gasteiger partial charge in [0.15, 0.2) is 8.32 Å². The SMILES string of the molecule is CCCCCCCCC[C@@H](C[C@H](CC=O)OCOC)O[Si](C)(C)C(C)(C)C. The molecule has 0 aliphatic heterocycles. The van der Waals surface area contributed by atoms with Crippen LogP contribution in [0.3, 0.4) is 0 Å². The van der Waals surface area contributed by atoms with Crippen molar-refractivity contribution < 1.29 is 18.7 Å². The van der Waals surface area contributed by atoms with Gasteiger partial charge in [-0.05, 0) is 31.0 Å². The van der Waals surface area contributed by atoms with E-state index in [1.165, 1.54) is 44.9 Å². The highest BCUT2D eigenvalue weighted by atomic mass is 28.4. The lowest BCUT2D eigenvalue weighted by Crippen LogP contribution is -2.44. The van der Waals surface area contributed by atoms with Gasteiger partial charge in [-0.2, -0.15) is 0 Å². The van der Waals surface area contributed by atoms with Gasteiger partial charge >= 0.3 is 0 Å². The van der Waals surface area contributed by atoms with Crippen LogP contribution in [0, 0.1) is 0 Å². The summed E-state index contributed by atoms with van der Waals surface area (Å²) in [6.07, 6.45) is 12.3. The zero-order valence-electron chi connectivity index (χ0n) is 19.1. The van der Waals surface area contributed by atoms with E-state index in [1.54, 1.807) is 7.11 Å². The molecule has 0 N–H and O–H groups in total. The third kappa shape index (κ3) is 12.8. The number of ether oxygens (including phenoxy) is 2. The first kappa shape index (κ1) is 26.8. The Labute approximate surface area is 169 Å². The highest BCUT2D eigenvalue weighted by molar-refractivity contribution is 6.74. The molecule has 0 unspecified atom stereocenters. The van der Waals surface area contributed by atoms with Gasteiger partial charge in [-0.25, -0.2) is 0 Å². The Morgan fingerprint density at radius 3 is 2.07 bits per heavy atom. The number of carbonyl (C=O) groups excluding carboxylic acids is 1. The Hall–Kier alpha value is -0.233. The van der Waals surface area contributed by atoms with Gasteiger partial charge in [0.1, 0.15) is 13.1 Å². The first-order valence-corrected chi connectivity index (χ1v) is 13.8. The fourth-order valence-electron chi connectivity index (χ4n) is 2.94. The summed E-state index contributed by atoms with van der Waals surface area (Å²) in [7, 11) is -0.239. The summed E-state index contributed by atoms with van der Waals surface area (Å²) in [5.74, 6) is 0. The molecule has 0 saturated carbocycles. The molecule has 0 aromatic carbocycles. The molecular formula is C22H46O4Si. The van der Waals surface area contributed by atoms with Crippen LogP contribution in [0.15, 0.2) is 0 Å². The maximum absolute atomic E-state index is 11.0. The van der Waals surface area contributed by atoms with E-state index in [4.69, 9.17) is 13.9 Å². The fraction of sp³-hybridized carbons (Fsp3) is 0.955. The summed E-state index contributed by atoms with van der Waals surface area (Å²) >= 11 is 0. The molecule has 0 heterocycles. The number of rotatable bonds is 17. The summed E-state index contributed by atoms with van der Waals surface area (Å²) in [6, 6.07) is 0. The minimum atomic E-state index is -1.85. The van der Waals surface area contributed by atoms with Gasteiger partial charge in [-0.1, -0.05) is 72.6 Å². The maximum Gasteiger partial charge on any atom is 0.192 e. The van der Waals surface area contributed by atoms with E-state index in [2.05, 4.69) is 40.8 Å². The Balaban J connectivity index is 4.70. The second-order valence-electron chi connectivity index (χ2n) is 9.24. The van der Waals surface area contributed by atoms with Gasteiger partial charge in [0.2, 0.25) is 0 Å². The first-order valence-electron chi connectivity index (χ1n) is 10.9. The highest BCUT2D eigenvalue weighted by Crippen LogP contribution is 2.38. The predicted octanol–water partition coefficient (Wildman–Crippen LogP) is 6.49. The number of carbonyl (C=O) groups is 1. The third-order valence-corrected chi connectivity index (χ3v) is 10.2. The van der Waals surface area contributed by atoms with Gasteiger partial charge in [0, 0.05) is 19.6 Å². The van der Waals surface area contributed by atoms with Crippen LogP contribution in [0.5, 0.6) is 0 Å². The lowest BCUT2D eigenvalue weighted by atomic mass is 10.0. The van der Waals surface area contributed by atoms with Gasteiger partial charge in [-0.15, -0.1) is 0 Å². The Bertz CT molecular complexity index is 366. The lowest BCUT2D eigenvalue weighted by molar-refractivity contribution is -0.116. The van der Waals surface area contributed by atoms with Crippen LogP contribution in [-0.2, 0) is 18.7 Å². The van der Waals surface area contributed by atoms with Crippen molar-refractivity contribution in [3.8, 4) is 0 Å². The van der Waals surface area contributed by atoms with Crippen molar-refractivity contribution in [2.75, 3.05) is 13.9 Å². The van der Waals surface area contributed by atoms with Crippen molar-refractivity contribution in [3.63, 3.8) is 0 Å². The van der Waals surface area contributed by atoms with Crippen molar-refractivity contribution in [3.05, 3.63) is 0 Å². The molecule has 0 saturated heterocycles. The monoisotopic (exact) mass is 402 g/mol. The second kappa shape index (κ2) is 14.7. The number of hydrogen-bond acceptors (Lipinski definition) is 4. The van der Waals surface area contributed by atoms with E-state index >= 15 is 0 Å². The van der Waals surface area contributed by atoms with Crippen LogP contribution in [0.25, 0.3) is 0 Å². The summed E-state index contributed by atoms with van der Waals surface area (Å²) in [4.78, 5) is 11.0. The van der Waals surface area contributed by atoms with Crippen LogP contribution in [-0.4, -0.2) is 40.7 Å². The summed E-state index contributed by atoms with van der Waals surface area (Å²) < 4.78 is 17.5. The Morgan fingerprint density at radius 1 is 0.963 bits per heavy atom. The molecule has 4 nitrogen and oxygen atoms in total. The van der Waals surface area contributed by atoms with Crippen LogP contribution < -0.4 is 0 Å². The molecule has 0 bridgehead atoms. The van der Waals surface area contributed by atoms with E-state index in [0.717, 1.165) is 19.1 Å². The summed E-state index contributed by atoms with van der Waals surface area (Å²) in [5.41, 5.74) is 0. The number of hydrogen-bond donors (Lipinski definition) is 0. The molecule has 0 aliphatic carbocycles. The van der Waals surface area contributed by atoms with E-state index in [-0.39, 0.29) is 24.0 Å². The quantitative estimate of drug-likeness (QED) is 0.121. The average molecular weight is 403 g/mol. The van der Waals surface area contributed by atoms with Crippen molar-refractivity contribution in [2.24, 2.45) is 0 Å². The number of methoxy groups -OCH3 is 1. The van der Waals surface area contributed by atoms with Crippen molar-refractivity contribution in [1.29, 1.82) is 0 Å². The maximum atomic E-state index is 11.0. The predicted molar refractivity (Wildman–Crippen MR) is 117 cm³/mol. The molecule has 162 valence electrons. The number of unbranched alkanes of at least 4 members (excludes halogenated alkanes) is 6. The minimum absolute atomic E-state index is 0.123. The van der Waals surface area contributed by atoms with Crippen molar-refractivity contribution in [1.82, 2.24) is 0 Å². The van der Waals surface area contributed by atoms with Gasteiger partial charge in [-0.3, -0.25) is 0 Å². The van der Waals surface area contributed by atoms with Gasteiger partial charge in [0.05, 0.1) is 6.10 Å². The molecule has 0 amide bonds. The van der Waals surface area contributed by atoms with Gasteiger partial charge < -0.3 is 18.7 Å². The molecule has 0 aromatic heterocycles. The molecule has 5 heteroatoms. The fourth-order valence-corrected chi connectivity index (χ4v) is 4.35. The lowest BCUT2D eigenvalue weighted by Gasteiger charge is -2.40. The summed E-state index contributed by atoms with van der Waals surface area (Å²) in [6.45, 7) is 13.9. The average Bonchev–Trinajstić information content (AvgIpc) is 2.57. The van der Waals surface area contributed by atoms with E-state index in [9.17, 15) is 4.79 Å². The zero-order valence-corrected chi connectivity index (χ0v) is 20.1. The molecule has 27 heavy (non-hydrogen) atoms. The smallest absolute Gasteiger partial charge is 0.192 e. The molecule has 0 rings (SSSR count). The minimum Gasteiger partial charge on any atom is -0.414 e. The number of aldehydes is 1. The normalized spacial score (nSPS) is 14.9. The molecule has 0 spiro atoms. The summed E-state index contributed by atoms with van der Waals surface area (Å²) in [5, 5.41) is 0.180. The van der Waals surface area contributed by atoms with E-state index in [1.807, 2.05) is 0 Å². The van der Waals surface area contributed by atoms with Crippen molar-refractivity contribution >= 4 is 14.6 Å². The second-order valence-corrected chi connectivity index (χ2v) is 14.0. The van der Waals surface area contributed by atoms with Crippen molar-refractivity contribution in [2.45, 2.75) is 122 Å². The zero-order chi connectivity index (χ0) is 20.8. The van der Waals surface area contributed by atoms with Crippen LogP contribution >= 0.6 is 0 Å². The molecule has 0 aromatic rings. The molecule has 0 radical (unpaired) electrons. The van der Waals surface area contributed by atoms with Crippen LogP contribution in [0.4, 0.5) is 0 Å². The molecule has 0 aliphatic rings. The first-order chi connectivity index (χ1) is 12.7. The largest absolute Gasteiger partial charge is 0.414 e. The molecule has 0 fully saturated rings. The topological polar surface area (TPSA) is 44.8 Å². The molecular weight excluding hydrogens is 356 g/mol. The Kier molecular flexibility index (Phi) is 14.6. The van der Waals surface area contributed by atoms with Gasteiger partial charge in [0.25, 0.3) is 0 Å². The molecule has 2 atom stereocenters. The highest BCUT2D eigenvalue weighted by Gasteiger charge is 2.39. The van der Waals surface area contributed by atoms with E-state index < -0.39 is 8.32 Å². The van der Waals surface area contributed by atoms with E-state index in [0.29, 0.717) is 6.42 Å². The third-order valence-electron chi connectivity index (χ3n) is 5.70.